The monoisotopic (exact) mass is 487 g/mol. The van der Waals surface area contributed by atoms with Gasteiger partial charge in [0.05, 0.1) is 18.1 Å². The Hall–Kier alpha value is -1.76. The molecular weight excluding hydrogens is 453 g/mol. The lowest BCUT2D eigenvalue weighted by molar-refractivity contribution is -0.131. The maximum Gasteiger partial charge on any atom is 0.230 e. The molecule has 5 rings (SSSR count). The van der Waals surface area contributed by atoms with Gasteiger partial charge >= 0.3 is 0 Å². The first-order valence-corrected chi connectivity index (χ1v) is 13.1. The number of carbonyl (C=O) groups is 1. The van der Waals surface area contributed by atoms with E-state index in [4.69, 9.17) is 16.3 Å². The SMILES string of the molecule is CC1(C)CCC(C(=O)Nc2cc3cc([C@H]4CC[C@@H](N5CC[C@@H](F)C5)CC4)c(Cl)cc3cn2)CO1. The molecule has 2 atom stereocenters. The number of hydrogen-bond acceptors (Lipinski definition) is 4. The summed E-state index contributed by atoms with van der Waals surface area (Å²) < 4.78 is 19.5. The van der Waals surface area contributed by atoms with Crippen LogP contribution in [0.2, 0.25) is 5.02 Å². The number of hydrogen-bond donors (Lipinski definition) is 1. The largest absolute Gasteiger partial charge is 0.375 e. The van der Waals surface area contributed by atoms with Crippen molar-refractivity contribution in [3.63, 3.8) is 0 Å². The lowest BCUT2D eigenvalue weighted by Gasteiger charge is -2.35. The van der Waals surface area contributed by atoms with Gasteiger partial charge < -0.3 is 10.1 Å². The molecule has 0 radical (unpaired) electrons. The zero-order valence-electron chi connectivity index (χ0n) is 20.2. The van der Waals surface area contributed by atoms with Crippen molar-refractivity contribution in [3.05, 3.63) is 35.0 Å². The van der Waals surface area contributed by atoms with E-state index in [-0.39, 0.29) is 17.4 Å². The molecule has 7 heteroatoms. The first-order valence-electron chi connectivity index (χ1n) is 12.7. The Balaban J connectivity index is 1.26. The van der Waals surface area contributed by atoms with Crippen LogP contribution >= 0.6 is 11.6 Å². The van der Waals surface area contributed by atoms with Gasteiger partial charge in [0.15, 0.2) is 0 Å². The van der Waals surface area contributed by atoms with E-state index in [9.17, 15) is 9.18 Å². The molecule has 2 saturated heterocycles. The number of anilines is 1. The number of aromatic nitrogens is 1. The number of nitrogens with zero attached hydrogens (tertiary/aromatic N) is 2. The molecule has 1 amide bonds. The number of halogens is 2. The van der Waals surface area contributed by atoms with Crippen molar-refractivity contribution in [1.82, 2.24) is 9.88 Å². The van der Waals surface area contributed by atoms with Crippen LogP contribution in [0.3, 0.4) is 0 Å². The van der Waals surface area contributed by atoms with Gasteiger partial charge in [-0.2, -0.15) is 0 Å². The Morgan fingerprint density at radius 3 is 2.62 bits per heavy atom. The average molecular weight is 488 g/mol. The first kappa shape index (κ1) is 24.0. The second-order valence-corrected chi connectivity index (χ2v) is 11.4. The third-order valence-corrected chi connectivity index (χ3v) is 8.37. The highest BCUT2D eigenvalue weighted by Gasteiger charge is 2.33. The third kappa shape index (κ3) is 5.24. The van der Waals surface area contributed by atoms with E-state index < -0.39 is 6.17 Å². The highest BCUT2D eigenvalue weighted by atomic mass is 35.5. The molecule has 1 aromatic carbocycles. The minimum Gasteiger partial charge on any atom is -0.375 e. The lowest BCUT2D eigenvalue weighted by atomic mass is 9.81. The number of carbonyl (C=O) groups excluding carboxylic acids is 1. The molecule has 3 aliphatic rings. The standard InChI is InChI=1S/C27H35ClFN3O2/c1-27(2)9-7-18(16-34-27)26(33)31-25-13-19-11-23(24(28)12-20(19)14-30-25)17-3-5-22(6-4-17)32-10-8-21(29)15-32/h11-14,17-18,21-22H,3-10,15-16H2,1-2H3,(H,30,31,33)/t17-,18?,21-,22+/m1/s1. The number of fused-ring (bicyclic) bond motifs is 1. The molecular formula is C27H35ClFN3O2. The summed E-state index contributed by atoms with van der Waals surface area (Å²) in [5, 5.41) is 5.77. The number of likely N-dealkylation sites (tertiary alicyclic amines) is 1. The van der Waals surface area contributed by atoms with Crippen molar-refractivity contribution in [2.45, 2.75) is 82.5 Å². The number of nitrogens with one attached hydrogen (secondary N) is 1. The van der Waals surface area contributed by atoms with Crippen LogP contribution in [0.5, 0.6) is 0 Å². The Kier molecular flexibility index (Phi) is 6.84. The summed E-state index contributed by atoms with van der Waals surface area (Å²) in [7, 11) is 0. The van der Waals surface area contributed by atoms with Crippen molar-refractivity contribution in [2.24, 2.45) is 5.92 Å². The van der Waals surface area contributed by atoms with Crippen molar-refractivity contribution < 1.29 is 13.9 Å². The number of rotatable bonds is 4. The molecule has 2 aliphatic heterocycles. The van der Waals surface area contributed by atoms with E-state index >= 15 is 0 Å². The first-order chi connectivity index (χ1) is 16.3. The average Bonchev–Trinajstić information content (AvgIpc) is 3.25. The van der Waals surface area contributed by atoms with Gasteiger partial charge in [0.25, 0.3) is 0 Å². The van der Waals surface area contributed by atoms with Gasteiger partial charge in [0, 0.05) is 35.7 Å². The van der Waals surface area contributed by atoms with Crippen LogP contribution in [0, 0.1) is 5.92 Å². The van der Waals surface area contributed by atoms with Crippen LogP contribution in [0.15, 0.2) is 24.4 Å². The van der Waals surface area contributed by atoms with Crippen LogP contribution in [-0.2, 0) is 9.53 Å². The summed E-state index contributed by atoms with van der Waals surface area (Å²) >= 11 is 6.70. The van der Waals surface area contributed by atoms with Crippen molar-refractivity contribution >= 4 is 34.1 Å². The molecule has 3 heterocycles. The van der Waals surface area contributed by atoms with Gasteiger partial charge in [0.1, 0.15) is 12.0 Å². The molecule has 1 saturated carbocycles. The van der Waals surface area contributed by atoms with E-state index in [0.29, 0.717) is 37.4 Å². The minimum absolute atomic E-state index is 0.0349. The molecule has 34 heavy (non-hydrogen) atoms. The number of benzene rings is 1. The van der Waals surface area contributed by atoms with Crippen LogP contribution in [0.4, 0.5) is 10.2 Å². The summed E-state index contributed by atoms with van der Waals surface area (Å²) in [4.78, 5) is 19.5. The van der Waals surface area contributed by atoms with Crippen LogP contribution in [0.1, 0.15) is 70.3 Å². The Morgan fingerprint density at radius 1 is 1.15 bits per heavy atom. The summed E-state index contributed by atoms with van der Waals surface area (Å²) in [5.41, 5.74) is 1.01. The zero-order chi connectivity index (χ0) is 23.9. The number of amides is 1. The van der Waals surface area contributed by atoms with E-state index in [1.807, 2.05) is 12.1 Å². The van der Waals surface area contributed by atoms with E-state index in [1.54, 1.807) is 6.20 Å². The van der Waals surface area contributed by atoms with Crippen molar-refractivity contribution in [3.8, 4) is 0 Å². The van der Waals surface area contributed by atoms with Gasteiger partial charge in [-0.1, -0.05) is 11.6 Å². The van der Waals surface area contributed by atoms with Gasteiger partial charge in [-0.05, 0) is 93.9 Å². The van der Waals surface area contributed by atoms with Crippen molar-refractivity contribution in [1.29, 1.82) is 0 Å². The molecule has 2 aromatic rings. The van der Waals surface area contributed by atoms with Crippen LogP contribution in [-0.4, -0.2) is 53.3 Å². The number of alkyl halides is 1. The van der Waals surface area contributed by atoms with Crippen molar-refractivity contribution in [2.75, 3.05) is 25.0 Å². The second-order valence-electron chi connectivity index (χ2n) is 11.0. The molecule has 1 N–H and O–H groups in total. The summed E-state index contributed by atoms with van der Waals surface area (Å²) in [6, 6.07) is 6.59. The highest BCUT2D eigenvalue weighted by molar-refractivity contribution is 6.32. The molecule has 0 spiro atoms. The summed E-state index contributed by atoms with van der Waals surface area (Å²) in [6.45, 7) is 6.05. The molecule has 1 aromatic heterocycles. The predicted molar refractivity (Wildman–Crippen MR) is 134 cm³/mol. The quantitative estimate of drug-likeness (QED) is 0.566. The fourth-order valence-corrected chi connectivity index (χ4v) is 6.16. The van der Waals surface area contributed by atoms with E-state index in [2.05, 4.69) is 35.1 Å². The smallest absolute Gasteiger partial charge is 0.230 e. The second kappa shape index (κ2) is 9.71. The molecule has 1 unspecified atom stereocenters. The predicted octanol–water partition coefficient (Wildman–Crippen LogP) is 6.10. The zero-order valence-corrected chi connectivity index (χ0v) is 20.9. The summed E-state index contributed by atoms with van der Waals surface area (Å²) in [6.07, 6.45) is 7.78. The maximum atomic E-state index is 13.6. The Morgan fingerprint density at radius 2 is 1.94 bits per heavy atom. The van der Waals surface area contributed by atoms with E-state index in [1.165, 1.54) is 5.56 Å². The summed E-state index contributed by atoms with van der Waals surface area (Å²) in [5.74, 6) is 0.789. The van der Waals surface area contributed by atoms with Gasteiger partial charge in [-0.3, -0.25) is 9.69 Å². The Labute approximate surface area is 206 Å². The number of ether oxygens (including phenoxy) is 1. The fraction of sp³-hybridized carbons (Fsp3) is 0.630. The Bertz CT molecular complexity index is 1040. The maximum absolute atomic E-state index is 13.6. The molecule has 3 fully saturated rings. The molecule has 184 valence electrons. The molecule has 1 aliphatic carbocycles. The molecule has 5 nitrogen and oxygen atoms in total. The topological polar surface area (TPSA) is 54.5 Å². The van der Waals surface area contributed by atoms with E-state index in [0.717, 1.165) is 60.9 Å². The third-order valence-electron chi connectivity index (χ3n) is 8.04. The van der Waals surface area contributed by atoms with Crippen LogP contribution < -0.4 is 5.32 Å². The number of pyridine rings is 1. The van der Waals surface area contributed by atoms with Gasteiger partial charge in [-0.15, -0.1) is 0 Å². The highest BCUT2D eigenvalue weighted by Crippen LogP contribution is 2.40. The van der Waals surface area contributed by atoms with Gasteiger partial charge in [-0.25, -0.2) is 9.37 Å². The molecule has 0 bridgehead atoms. The lowest BCUT2D eigenvalue weighted by Crippen LogP contribution is -2.38. The van der Waals surface area contributed by atoms with Gasteiger partial charge in [0.2, 0.25) is 5.91 Å². The fourth-order valence-electron chi connectivity index (χ4n) is 5.83. The minimum atomic E-state index is -0.659. The normalized spacial score (nSPS) is 29.9. The van der Waals surface area contributed by atoms with Crippen LogP contribution in [0.25, 0.3) is 10.8 Å².